The lowest BCUT2D eigenvalue weighted by Crippen LogP contribution is -2.05. The molecule has 2 unspecified atom stereocenters. The zero-order chi connectivity index (χ0) is 10.3. The van der Waals surface area contributed by atoms with Gasteiger partial charge in [0.25, 0.3) is 0 Å². The molecule has 0 saturated carbocycles. The summed E-state index contributed by atoms with van der Waals surface area (Å²) < 4.78 is 0. The van der Waals surface area contributed by atoms with Crippen molar-refractivity contribution < 1.29 is 9.90 Å². The van der Waals surface area contributed by atoms with Gasteiger partial charge in [-0.2, -0.15) is 0 Å². The standard InChI is InChI=1S/C11H20O2/c1-4-5-6-9(2)10(3)7-8-11(12)13/h7-10H,4-6H2,1-3H3,(H,12,13). The van der Waals surface area contributed by atoms with Gasteiger partial charge in [-0.3, -0.25) is 0 Å². The number of unbranched alkanes of at least 4 members (excludes halogenated alkanes) is 1. The molecule has 0 aromatic rings. The van der Waals surface area contributed by atoms with Crippen LogP contribution in [0, 0.1) is 11.8 Å². The molecule has 0 aliphatic rings. The van der Waals surface area contributed by atoms with Crippen LogP contribution in [0.1, 0.15) is 40.0 Å². The molecule has 0 aromatic carbocycles. The van der Waals surface area contributed by atoms with Crippen LogP contribution in [0.5, 0.6) is 0 Å². The molecule has 0 aromatic heterocycles. The summed E-state index contributed by atoms with van der Waals surface area (Å²) in [5, 5.41) is 8.43. The predicted octanol–water partition coefficient (Wildman–Crippen LogP) is 3.09. The zero-order valence-corrected chi connectivity index (χ0v) is 8.79. The third-order valence-electron chi connectivity index (χ3n) is 2.45. The van der Waals surface area contributed by atoms with Crippen molar-refractivity contribution in [3.63, 3.8) is 0 Å². The van der Waals surface area contributed by atoms with Gasteiger partial charge >= 0.3 is 5.97 Å². The average Bonchev–Trinajstić information content (AvgIpc) is 2.10. The normalized spacial score (nSPS) is 15.9. The minimum atomic E-state index is -0.852. The topological polar surface area (TPSA) is 37.3 Å². The molecular formula is C11H20O2. The van der Waals surface area contributed by atoms with Crippen LogP contribution in [0.3, 0.4) is 0 Å². The Morgan fingerprint density at radius 2 is 2.08 bits per heavy atom. The van der Waals surface area contributed by atoms with E-state index in [-0.39, 0.29) is 0 Å². The SMILES string of the molecule is CCCCC(C)C(C)C=CC(=O)O. The molecule has 1 N–H and O–H groups in total. The van der Waals surface area contributed by atoms with Crippen LogP contribution in [0.25, 0.3) is 0 Å². The van der Waals surface area contributed by atoms with Gasteiger partial charge in [-0.05, 0) is 11.8 Å². The molecule has 0 radical (unpaired) electrons. The lowest BCUT2D eigenvalue weighted by molar-refractivity contribution is -0.131. The summed E-state index contributed by atoms with van der Waals surface area (Å²) in [7, 11) is 0. The van der Waals surface area contributed by atoms with Crippen LogP contribution in [0.15, 0.2) is 12.2 Å². The van der Waals surface area contributed by atoms with Gasteiger partial charge in [0.05, 0.1) is 0 Å². The van der Waals surface area contributed by atoms with Crippen molar-refractivity contribution in [2.24, 2.45) is 11.8 Å². The molecule has 0 rings (SSSR count). The quantitative estimate of drug-likeness (QED) is 0.644. The number of rotatable bonds is 6. The molecule has 2 nitrogen and oxygen atoms in total. The number of aliphatic carboxylic acids is 1. The van der Waals surface area contributed by atoms with Crippen LogP contribution < -0.4 is 0 Å². The zero-order valence-electron chi connectivity index (χ0n) is 8.79. The number of hydrogen-bond donors (Lipinski definition) is 1. The highest BCUT2D eigenvalue weighted by molar-refractivity contribution is 5.79. The molecule has 0 fully saturated rings. The molecule has 0 heterocycles. The summed E-state index contributed by atoms with van der Waals surface area (Å²) in [6, 6.07) is 0. The van der Waals surface area contributed by atoms with E-state index in [0.29, 0.717) is 11.8 Å². The Hall–Kier alpha value is -0.790. The second-order valence-electron chi connectivity index (χ2n) is 3.68. The number of carboxylic acids is 1. The van der Waals surface area contributed by atoms with E-state index in [4.69, 9.17) is 5.11 Å². The van der Waals surface area contributed by atoms with Crippen LogP contribution in [-0.4, -0.2) is 11.1 Å². The summed E-state index contributed by atoms with van der Waals surface area (Å²) in [5.74, 6) is 0.0905. The molecule has 2 heteroatoms. The van der Waals surface area contributed by atoms with E-state index in [1.807, 2.05) is 0 Å². The second-order valence-corrected chi connectivity index (χ2v) is 3.68. The van der Waals surface area contributed by atoms with Gasteiger partial charge < -0.3 is 5.11 Å². The molecule has 76 valence electrons. The summed E-state index contributed by atoms with van der Waals surface area (Å²) in [5.41, 5.74) is 0. The fourth-order valence-corrected chi connectivity index (χ4v) is 1.21. The largest absolute Gasteiger partial charge is 0.478 e. The highest BCUT2D eigenvalue weighted by Crippen LogP contribution is 2.18. The van der Waals surface area contributed by atoms with E-state index < -0.39 is 5.97 Å². The molecule has 0 amide bonds. The monoisotopic (exact) mass is 184 g/mol. The molecule has 0 spiro atoms. The van der Waals surface area contributed by atoms with E-state index in [2.05, 4.69) is 20.8 Å². The van der Waals surface area contributed by atoms with Gasteiger partial charge in [0, 0.05) is 6.08 Å². The lowest BCUT2D eigenvalue weighted by Gasteiger charge is -2.15. The van der Waals surface area contributed by atoms with Crippen molar-refractivity contribution in [2.75, 3.05) is 0 Å². The summed E-state index contributed by atoms with van der Waals surface area (Å²) in [4.78, 5) is 10.3. The fourth-order valence-electron chi connectivity index (χ4n) is 1.21. The maximum atomic E-state index is 10.3. The molecule has 0 aliphatic carbocycles. The minimum absolute atomic E-state index is 0.364. The summed E-state index contributed by atoms with van der Waals surface area (Å²) in [6.45, 7) is 6.41. The molecule has 0 saturated heterocycles. The smallest absolute Gasteiger partial charge is 0.327 e. The highest BCUT2D eigenvalue weighted by atomic mass is 16.4. The summed E-state index contributed by atoms with van der Waals surface area (Å²) in [6.07, 6.45) is 6.64. The number of allylic oxidation sites excluding steroid dienone is 1. The van der Waals surface area contributed by atoms with Crippen LogP contribution in [-0.2, 0) is 4.79 Å². The first-order chi connectivity index (χ1) is 6.07. The Balaban J connectivity index is 3.81. The first-order valence-electron chi connectivity index (χ1n) is 4.99. The molecule has 13 heavy (non-hydrogen) atoms. The van der Waals surface area contributed by atoms with E-state index in [1.54, 1.807) is 6.08 Å². The van der Waals surface area contributed by atoms with Crippen molar-refractivity contribution in [1.82, 2.24) is 0 Å². The predicted molar refractivity (Wildman–Crippen MR) is 54.6 cm³/mol. The average molecular weight is 184 g/mol. The van der Waals surface area contributed by atoms with Crippen molar-refractivity contribution >= 4 is 5.97 Å². The number of carboxylic acid groups (broad SMARTS) is 1. The maximum Gasteiger partial charge on any atom is 0.327 e. The van der Waals surface area contributed by atoms with E-state index in [1.165, 1.54) is 25.3 Å². The first-order valence-corrected chi connectivity index (χ1v) is 4.99. The van der Waals surface area contributed by atoms with Crippen LogP contribution in [0.4, 0.5) is 0 Å². The molecule has 2 atom stereocenters. The van der Waals surface area contributed by atoms with Gasteiger partial charge in [-0.25, -0.2) is 4.79 Å². The Morgan fingerprint density at radius 3 is 2.54 bits per heavy atom. The molecule has 0 aliphatic heterocycles. The van der Waals surface area contributed by atoms with Crippen molar-refractivity contribution in [3.05, 3.63) is 12.2 Å². The summed E-state index contributed by atoms with van der Waals surface area (Å²) >= 11 is 0. The molecular weight excluding hydrogens is 164 g/mol. The minimum Gasteiger partial charge on any atom is -0.478 e. The fraction of sp³-hybridized carbons (Fsp3) is 0.727. The third kappa shape index (κ3) is 6.38. The van der Waals surface area contributed by atoms with Crippen molar-refractivity contribution in [3.8, 4) is 0 Å². The Kier molecular flexibility index (Phi) is 6.29. The van der Waals surface area contributed by atoms with Crippen LogP contribution >= 0.6 is 0 Å². The van der Waals surface area contributed by atoms with Gasteiger partial charge in [0.1, 0.15) is 0 Å². The van der Waals surface area contributed by atoms with Gasteiger partial charge in [-0.15, -0.1) is 0 Å². The Morgan fingerprint density at radius 1 is 1.46 bits per heavy atom. The second kappa shape index (κ2) is 6.70. The maximum absolute atomic E-state index is 10.3. The van der Waals surface area contributed by atoms with E-state index in [0.717, 1.165) is 0 Å². The first kappa shape index (κ1) is 12.2. The Bertz CT molecular complexity index is 173. The van der Waals surface area contributed by atoms with Gasteiger partial charge in [0.2, 0.25) is 0 Å². The number of carbonyl (C=O) groups is 1. The highest BCUT2D eigenvalue weighted by Gasteiger charge is 2.08. The molecule has 0 bridgehead atoms. The van der Waals surface area contributed by atoms with E-state index >= 15 is 0 Å². The van der Waals surface area contributed by atoms with Gasteiger partial charge in [-0.1, -0.05) is 46.1 Å². The number of hydrogen-bond acceptors (Lipinski definition) is 1. The lowest BCUT2D eigenvalue weighted by atomic mass is 9.91. The third-order valence-corrected chi connectivity index (χ3v) is 2.45. The van der Waals surface area contributed by atoms with Crippen molar-refractivity contribution in [2.45, 2.75) is 40.0 Å². The van der Waals surface area contributed by atoms with E-state index in [9.17, 15) is 4.79 Å². The van der Waals surface area contributed by atoms with Crippen LogP contribution in [0.2, 0.25) is 0 Å². The van der Waals surface area contributed by atoms with Crippen molar-refractivity contribution in [1.29, 1.82) is 0 Å². The Labute approximate surface area is 80.7 Å². The van der Waals surface area contributed by atoms with Gasteiger partial charge in [0.15, 0.2) is 0 Å².